The fraction of sp³-hybridized carbons (Fsp3) is 0.364. The Kier molecular flexibility index (Phi) is 7.41. The zero-order chi connectivity index (χ0) is 19.8. The van der Waals surface area contributed by atoms with Gasteiger partial charge >= 0.3 is 0 Å². The van der Waals surface area contributed by atoms with Gasteiger partial charge in [0.15, 0.2) is 0 Å². The van der Waals surface area contributed by atoms with Crippen LogP contribution in [0.3, 0.4) is 0 Å². The molecule has 0 fully saturated rings. The van der Waals surface area contributed by atoms with Gasteiger partial charge < -0.3 is 15.4 Å². The second-order valence-electron chi connectivity index (χ2n) is 6.64. The minimum atomic E-state index is -0.229. The maximum Gasteiger partial charge on any atom is 0.243 e. The molecule has 27 heavy (non-hydrogen) atoms. The zero-order valence-electron chi connectivity index (χ0n) is 16.5. The monoisotopic (exact) mass is 368 g/mol. The van der Waals surface area contributed by atoms with Crippen molar-refractivity contribution < 1.29 is 14.3 Å². The van der Waals surface area contributed by atoms with E-state index >= 15 is 0 Å². The predicted octanol–water partition coefficient (Wildman–Crippen LogP) is 3.70. The fourth-order valence-electron chi connectivity index (χ4n) is 3.08. The lowest BCUT2D eigenvalue weighted by atomic mass is 10.1. The van der Waals surface area contributed by atoms with E-state index in [1.165, 1.54) is 0 Å². The summed E-state index contributed by atoms with van der Waals surface area (Å²) in [7, 11) is 0. The number of hydrogen-bond donors (Lipinski definition) is 2. The van der Waals surface area contributed by atoms with Crippen LogP contribution in [-0.2, 0) is 16.0 Å². The van der Waals surface area contributed by atoms with Crippen molar-refractivity contribution in [2.24, 2.45) is 0 Å². The maximum atomic E-state index is 12.2. The summed E-state index contributed by atoms with van der Waals surface area (Å²) in [5.74, 6) is 0.415. The molecule has 0 aromatic heterocycles. The number of nitrogens with one attached hydrogen (secondary N) is 2. The molecule has 0 saturated heterocycles. The molecule has 0 heterocycles. The molecule has 2 amide bonds. The summed E-state index contributed by atoms with van der Waals surface area (Å²) < 4.78 is 5.57. The van der Waals surface area contributed by atoms with Crippen LogP contribution in [0.4, 0.5) is 5.69 Å². The molecule has 5 nitrogen and oxygen atoms in total. The van der Waals surface area contributed by atoms with Crippen molar-refractivity contribution in [3.8, 4) is 5.75 Å². The third-order valence-electron chi connectivity index (χ3n) is 4.28. The number of rotatable bonds is 8. The summed E-state index contributed by atoms with van der Waals surface area (Å²) in [5, 5.41) is 5.57. The first-order valence-corrected chi connectivity index (χ1v) is 9.25. The van der Waals surface area contributed by atoms with Gasteiger partial charge in [0.2, 0.25) is 11.8 Å². The number of benzene rings is 2. The molecule has 5 heteroatoms. The molecule has 0 aliphatic heterocycles. The van der Waals surface area contributed by atoms with E-state index in [2.05, 4.69) is 10.6 Å². The van der Waals surface area contributed by atoms with Gasteiger partial charge in [-0.15, -0.1) is 0 Å². The highest BCUT2D eigenvalue weighted by atomic mass is 16.5. The number of carbonyl (C=O) groups excluding carboxylic acids is 2. The van der Waals surface area contributed by atoms with Crippen molar-refractivity contribution in [2.75, 3.05) is 18.5 Å². The predicted molar refractivity (Wildman–Crippen MR) is 108 cm³/mol. The van der Waals surface area contributed by atoms with E-state index in [-0.39, 0.29) is 18.4 Å². The van der Waals surface area contributed by atoms with E-state index < -0.39 is 0 Å². The van der Waals surface area contributed by atoms with Gasteiger partial charge in [0, 0.05) is 12.1 Å². The number of amides is 2. The molecule has 2 rings (SSSR count). The molecular formula is C22H28N2O3. The van der Waals surface area contributed by atoms with Crippen molar-refractivity contribution in [2.45, 2.75) is 40.5 Å². The minimum Gasteiger partial charge on any atom is -0.494 e. The molecule has 2 aromatic rings. The lowest BCUT2D eigenvalue weighted by Crippen LogP contribution is -2.33. The highest BCUT2D eigenvalue weighted by Gasteiger charge is 2.11. The third kappa shape index (κ3) is 6.13. The summed E-state index contributed by atoms with van der Waals surface area (Å²) in [6, 6.07) is 11.7. The number of hydrogen-bond acceptors (Lipinski definition) is 3. The van der Waals surface area contributed by atoms with Gasteiger partial charge in [-0.3, -0.25) is 9.59 Å². The molecule has 0 aliphatic carbocycles. The second kappa shape index (κ2) is 9.76. The minimum absolute atomic E-state index is 0.0430. The van der Waals surface area contributed by atoms with E-state index in [0.29, 0.717) is 19.4 Å². The normalized spacial score (nSPS) is 10.4. The summed E-state index contributed by atoms with van der Waals surface area (Å²) in [6.45, 7) is 8.42. The second-order valence-corrected chi connectivity index (χ2v) is 6.64. The van der Waals surface area contributed by atoms with Gasteiger partial charge in [-0.1, -0.05) is 35.9 Å². The summed E-state index contributed by atoms with van der Waals surface area (Å²) in [6.07, 6.45) is 0.875. The highest BCUT2D eigenvalue weighted by Crippen LogP contribution is 2.22. The summed E-state index contributed by atoms with van der Waals surface area (Å²) >= 11 is 0. The number of ether oxygens (including phenoxy) is 1. The van der Waals surface area contributed by atoms with E-state index in [0.717, 1.165) is 33.7 Å². The Bertz CT molecular complexity index is 792. The molecule has 2 aromatic carbocycles. The van der Waals surface area contributed by atoms with Crippen molar-refractivity contribution in [1.82, 2.24) is 5.32 Å². The Hall–Kier alpha value is -2.82. The Morgan fingerprint density at radius 1 is 1.00 bits per heavy atom. The quantitative estimate of drug-likeness (QED) is 0.747. The van der Waals surface area contributed by atoms with Gasteiger partial charge in [-0.05, 0) is 56.9 Å². The average molecular weight is 368 g/mol. The average Bonchev–Trinajstić information content (AvgIpc) is 2.62. The number of carbonyl (C=O) groups is 2. The van der Waals surface area contributed by atoms with E-state index in [1.807, 2.05) is 64.1 Å². The van der Waals surface area contributed by atoms with Gasteiger partial charge in [0.05, 0.1) is 13.2 Å². The molecule has 0 bridgehead atoms. The third-order valence-corrected chi connectivity index (χ3v) is 4.28. The van der Waals surface area contributed by atoms with Crippen LogP contribution in [-0.4, -0.2) is 25.0 Å². The highest BCUT2D eigenvalue weighted by molar-refractivity contribution is 5.95. The van der Waals surface area contributed by atoms with Gasteiger partial charge in [0.1, 0.15) is 5.75 Å². The van der Waals surface area contributed by atoms with Crippen LogP contribution in [0, 0.1) is 20.8 Å². The lowest BCUT2D eigenvalue weighted by molar-refractivity contribution is -0.124. The first-order chi connectivity index (χ1) is 12.9. The Morgan fingerprint density at radius 3 is 2.33 bits per heavy atom. The molecule has 2 N–H and O–H groups in total. The van der Waals surface area contributed by atoms with Crippen LogP contribution >= 0.6 is 0 Å². The first kappa shape index (κ1) is 20.5. The van der Waals surface area contributed by atoms with Crippen LogP contribution in [0.5, 0.6) is 5.75 Å². The number of anilines is 1. The maximum absolute atomic E-state index is 12.2. The van der Waals surface area contributed by atoms with Crippen molar-refractivity contribution in [3.63, 3.8) is 0 Å². The Morgan fingerprint density at radius 2 is 1.67 bits per heavy atom. The van der Waals surface area contributed by atoms with Crippen LogP contribution in [0.2, 0.25) is 0 Å². The number of aryl methyl sites for hydroxylation is 4. The van der Waals surface area contributed by atoms with E-state index in [4.69, 9.17) is 4.74 Å². The van der Waals surface area contributed by atoms with Gasteiger partial charge in [-0.25, -0.2) is 0 Å². The van der Waals surface area contributed by atoms with Crippen LogP contribution in [0.15, 0.2) is 36.4 Å². The molecule has 0 radical (unpaired) electrons. The first-order valence-electron chi connectivity index (χ1n) is 9.25. The molecule has 0 atom stereocenters. The summed E-state index contributed by atoms with van der Waals surface area (Å²) in [4.78, 5) is 24.3. The van der Waals surface area contributed by atoms with Crippen LogP contribution in [0.25, 0.3) is 0 Å². The topological polar surface area (TPSA) is 67.4 Å². The van der Waals surface area contributed by atoms with Crippen molar-refractivity contribution >= 4 is 17.5 Å². The Labute approximate surface area is 161 Å². The molecule has 0 unspecified atom stereocenters. The van der Waals surface area contributed by atoms with Crippen molar-refractivity contribution in [1.29, 1.82) is 0 Å². The van der Waals surface area contributed by atoms with Crippen molar-refractivity contribution in [3.05, 3.63) is 58.7 Å². The molecule has 0 saturated carbocycles. The summed E-state index contributed by atoms with van der Waals surface area (Å²) in [5.41, 5.74) is 4.98. The molecule has 144 valence electrons. The van der Waals surface area contributed by atoms with Crippen LogP contribution in [0.1, 0.15) is 35.6 Å². The molecule has 0 aliphatic rings. The smallest absolute Gasteiger partial charge is 0.243 e. The zero-order valence-corrected chi connectivity index (χ0v) is 16.5. The van der Waals surface area contributed by atoms with Gasteiger partial charge in [-0.2, -0.15) is 0 Å². The largest absolute Gasteiger partial charge is 0.494 e. The lowest BCUT2D eigenvalue weighted by Gasteiger charge is -2.13. The SMILES string of the molecule is CCOc1ccccc1CCC(=O)NCC(=O)Nc1c(C)cc(C)cc1C. The standard InChI is InChI=1S/C22H28N2O3/c1-5-27-19-9-7-6-8-18(19)10-11-20(25)23-14-21(26)24-22-16(3)12-15(2)13-17(22)4/h6-9,12-13H,5,10-11,14H2,1-4H3,(H,23,25)(H,24,26). The number of para-hydroxylation sites is 1. The molecule has 0 spiro atoms. The van der Waals surface area contributed by atoms with Gasteiger partial charge in [0.25, 0.3) is 0 Å². The van der Waals surface area contributed by atoms with Crippen LogP contribution < -0.4 is 15.4 Å². The molecular weight excluding hydrogens is 340 g/mol. The fourth-order valence-corrected chi connectivity index (χ4v) is 3.08. The Balaban J connectivity index is 1.83. The van der Waals surface area contributed by atoms with E-state index in [9.17, 15) is 9.59 Å². The van der Waals surface area contributed by atoms with E-state index in [1.54, 1.807) is 0 Å².